The molecule has 2 rings (SSSR count). The van der Waals surface area contributed by atoms with E-state index in [2.05, 4.69) is 44.2 Å². The molecule has 6 nitrogen and oxygen atoms in total. The lowest BCUT2D eigenvalue weighted by Gasteiger charge is -2.13. The number of nitrogens with one attached hydrogen (secondary N) is 2. The van der Waals surface area contributed by atoms with E-state index >= 15 is 0 Å². The van der Waals surface area contributed by atoms with E-state index in [4.69, 9.17) is 0 Å². The van der Waals surface area contributed by atoms with Crippen molar-refractivity contribution in [1.29, 1.82) is 0 Å². The Hall–Kier alpha value is -1.36. The van der Waals surface area contributed by atoms with Gasteiger partial charge in [-0.25, -0.2) is 9.38 Å². The Morgan fingerprint density at radius 2 is 1.93 bits per heavy atom. The maximum absolute atomic E-state index is 13.0. The lowest BCUT2D eigenvalue weighted by molar-refractivity contribution is 0.477. The van der Waals surface area contributed by atoms with Crippen molar-refractivity contribution >= 4 is 41.7 Å². The van der Waals surface area contributed by atoms with Crippen LogP contribution in [0.25, 0.3) is 0 Å². The summed E-state index contributed by atoms with van der Waals surface area (Å²) >= 11 is 1.64. The fourth-order valence-corrected chi connectivity index (χ4v) is 3.28. The minimum absolute atomic E-state index is 0. The van der Waals surface area contributed by atoms with Crippen molar-refractivity contribution < 1.29 is 4.39 Å². The highest BCUT2D eigenvalue weighted by Gasteiger charge is 2.12. The van der Waals surface area contributed by atoms with E-state index in [1.54, 1.807) is 23.9 Å². The highest BCUT2D eigenvalue weighted by molar-refractivity contribution is 14.0. The molecule has 0 fully saturated rings. The number of halogens is 2. The average molecular weight is 534 g/mol. The largest absolute Gasteiger partial charge is 0.357 e. The molecule has 0 aliphatic heterocycles. The number of aliphatic imine (C=N–C) groups is 1. The molecule has 1 heterocycles. The van der Waals surface area contributed by atoms with Gasteiger partial charge in [0.25, 0.3) is 0 Å². The number of rotatable bonds is 10. The Morgan fingerprint density at radius 3 is 2.55 bits per heavy atom. The SMILES string of the molecule is CCNC(=NCc1ccc(F)cc1)NCCCc1nnc(SC)n1CC(C)C.I. The molecule has 0 aliphatic carbocycles. The van der Waals surface area contributed by atoms with Crippen molar-refractivity contribution in [3.63, 3.8) is 0 Å². The van der Waals surface area contributed by atoms with Crippen molar-refractivity contribution in [3.8, 4) is 0 Å². The van der Waals surface area contributed by atoms with Gasteiger partial charge in [-0.1, -0.05) is 37.7 Å². The standard InChI is InChI=1S/C20H31FN6S.HI/c1-5-22-19(24-13-16-8-10-17(21)11-9-16)23-12-6-7-18-25-26-20(28-4)27(18)14-15(2)3;/h8-11,15H,5-7,12-14H2,1-4H3,(H2,22,23,24);1H. The molecule has 0 spiro atoms. The molecule has 0 aliphatic rings. The maximum atomic E-state index is 13.0. The summed E-state index contributed by atoms with van der Waals surface area (Å²) in [5, 5.41) is 16.2. The van der Waals surface area contributed by atoms with Gasteiger partial charge in [0.2, 0.25) is 0 Å². The van der Waals surface area contributed by atoms with Crippen LogP contribution >= 0.6 is 35.7 Å². The van der Waals surface area contributed by atoms with Gasteiger partial charge in [-0.15, -0.1) is 34.2 Å². The molecule has 162 valence electrons. The van der Waals surface area contributed by atoms with E-state index in [0.717, 1.165) is 55.0 Å². The quantitative estimate of drug-likeness (QED) is 0.158. The summed E-state index contributed by atoms with van der Waals surface area (Å²) in [7, 11) is 0. The van der Waals surface area contributed by atoms with Gasteiger partial charge >= 0.3 is 0 Å². The van der Waals surface area contributed by atoms with E-state index in [-0.39, 0.29) is 29.8 Å². The molecule has 1 aromatic heterocycles. The first kappa shape index (κ1) is 25.7. The van der Waals surface area contributed by atoms with Gasteiger partial charge < -0.3 is 15.2 Å². The van der Waals surface area contributed by atoms with Crippen LogP contribution in [0.1, 0.15) is 38.6 Å². The molecule has 9 heteroatoms. The van der Waals surface area contributed by atoms with Crippen LogP contribution in [0.15, 0.2) is 34.4 Å². The number of thioether (sulfide) groups is 1. The van der Waals surface area contributed by atoms with E-state index in [9.17, 15) is 4.39 Å². The first-order valence-electron chi connectivity index (χ1n) is 9.76. The fraction of sp³-hybridized carbons (Fsp3) is 0.550. The summed E-state index contributed by atoms with van der Waals surface area (Å²) in [6, 6.07) is 6.43. The van der Waals surface area contributed by atoms with Crippen molar-refractivity contribution in [2.75, 3.05) is 19.3 Å². The zero-order valence-electron chi connectivity index (χ0n) is 17.6. The minimum atomic E-state index is -0.229. The molecular weight excluding hydrogens is 502 g/mol. The van der Waals surface area contributed by atoms with Crippen molar-refractivity contribution in [3.05, 3.63) is 41.5 Å². The summed E-state index contributed by atoms with van der Waals surface area (Å²) in [5.41, 5.74) is 0.977. The molecule has 0 radical (unpaired) electrons. The maximum Gasteiger partial charge on any atom is 0.191 e. The summed E-state index contributed by atoms with van der Waals surface area (Å²) in [5.74, 6) is 2.12. The van der Waals surface area contributed by atoms with Gasteiger partial charge in [-0.3, -0.25) is 0 Å². The molecular formula is C20H32FIN6S. The Balaban J connectivity index is 0.00000420. The number of guanidine groups is 1. The zero-order chi connectivity index (χ0) is 20.4. The van der Waals surface area contributed by atoms with Crippen LogP contribution in [0.3, 0.4) is 0 Å². The second kappa shape index (κ2) is 13.8. The number of aromatic nitrogens is 3. The molecule has 0 bridgehead atoms. The summed E-state index contributed by atoms with van der Waals surface area (Å²) < 4.78 is 15.2. The topological polar surface area (TPSA) is 67.1 Å². The van der Waals surface area contributed by atoms with Crippen LogP contribution < -0.4 is 10.6 Å². The van der Waals surface area contributed by atoms with Gasteiger partial charge in [-0.05, 0) is 43.2 Å². The summed E-state index contributed by atoms with van der Waals surface area (Å²) in [6.07, 6.45) is 3.84. The van der Waals surface area contributed by atoms with Crippen molar-refractivity contribution in [2.45, 2.75) is 51.9 Å². The molecule has 1 aromatic carbocycles. The smallest absolute Gasteiger partial charge is 0.191 e. The number of hydrogen-bond donors (Lipinski definition) is 2. The van der Waals surface area contributed by atoms with Gasteiger partial charge in [0.05, 0.1) is 6.54 Å². The Morgan fingerprint density at radius 1 is 1.21 bits per heavy atom. The third-order valence-corrected chi connectivity index (χ3v) is 4.74. The Labute approximate surface area is 194 Å². The lowest BCUT2D eigenvalue weighted by Crippen LogP contribution is -2.37. The molecule has 0 saturated heterocycles. The average Bonchev–Trinajstić information content (AvgIpc) is 3.05. The van der Waals surface area contributed by atoms with Crippen molar-refractivity contribution in [2.24, 2.45) is 10.9 Å². The summed E-state index contributed by atoms with van der Waals surface area (Å²) in [4.78, 5) is 4.57. The van der Waals surface area contributed by atoms with Crippen LogP contribution in [0, 0.1) is 11.7 Å². The number of aryl methyl sites for hydroxylation is 1. The monoisotopic (exact) mass is 534 g/mol. The molecule has 0 saturated carbocycles. The van der Waals surface area contributed by atoms with Crippen LogP contribution in [0.4, 0.5) is 4.39 Å². The molecule has 29 heavy (non-hydrogen) atoms. The summed E-state index contributed by atoms with van der Waals surface area (Å²) in [6.45, 7) is 9.47. The van der Waals surface area contributed by atoms with Gasteiger partial charge in [0, 0.05) is 26.1 Å². The molecule has 0 amide bonds. The predicted octanol–water partition coefficient (Wildman–Crippen LogP) is 4.10. The molecule has 0 atom stereocenters. The van der Waals surface area contributed by atoms with Crippen LogP contribution in [-0.2, 0) is 19.5 Å². The lowest BCUT2D eigenvalue weighted by atomic mass is 10.2. The third-order valence-electron chi connectivity index (χ3n) is 4.07. The number of benzene rings is 1. The van der Waals surface area contributed by atoms with Gasteiger partial charge in [0.15, 0.2) is 11.1 Å². The molecule has 2 N–H and O–H groups in total. The van der Waals surface area contributed by atoms with Crippen LogP contribution in [0.2, 0.25) is 0 Å². The second-order valence-corrected chi connectivity index (χ2v) is 7.73. The van der Waals surface area contributed by atoms with Gasteiger partial charge in [0.1, 0.15) is 11.6 Å². The zero-order valence-corrected chi connectivity index (χ0v) is 20.8. The Bertz CT molecular complexity index is 748. The number of nitrogens with zero attached hydrogens (tertiary/aromatic N) is 4. The highest BCUT2D eigenvalue weighted by atomic mass is 127. The van der Waals surface area contributed by atoms with E-state index in [1.165, 1.54) is 12.1 Å². The number of hydrogen-bond acceptors (Lipinski definition) is 4. The first-order valence-corrected chi connectivity index (χ1v) is 11.0. The molecule has 2 aromatic rings. The predicted molar refractivity (Wildman–Crippen MR) is 130 cm³/mol. The second-order valence-electron chi connectivity index (χ2n) is 6.96. The van der Waals surface area contributed by atoms with Crippen molar-refractivity contribution in [1.82, 2.24) is 25.4 Å². The normalized spacial score (nSPS) is 11.4. The van der Waals surface area contributed by atoms with E-state index in [1.807, 2.05) is 13.2 Å². The first-order chi connectivity index (χ1) is 13.5. The van der Waals surface area contributed by atoms with Crippen LogP contribution in [0.5, 0.6) is 0 Å². The van der Waals surface area contributed by atoms with Gasteiger partial charge in [-0.2, -0.15) is 0 Å². The Kier molecular flexibility index (Phi) is 12.2. The van der Waals surface area contributed by atoms with Crippen LogP contribution in [-0.4, -0.2) is 40.1 Å². The van der Waals surface area contributed by atoms with E-state index < -0.39 is 0 Å². The molecule has 0 unspecified atom stereocenters. The van der Waals surface area contributed by atoms with E-state index in [0.29, 0.717) is 12.5 Å². The third kappa shape index (κ3) is 8.90. The minimum Gasteiger partial charge on any atom is -0.357 e. The highest BCUT2D eigenvalue weighted by Crippen LogP contribution is 2.16. The fourth-order valence-electron chi connectivity index (χ4n) is 2.76.